The van der Waals surface area contributed by atoms with Crippen LogP contribution < -0.4 is 15.7 Å². The van der Waals surface area contributed by atoms with E-state index in [1.165, 1.54) is 6.07 Å². The van der Waals surface area contributed by atoms with Crippen molar-refractivity contribution in [2.75, 3.05) is 11.9 Å². The van der Waals surface area contributed by atoms with E-state index in [1.807, 2.05) is 13.0 Å². The molecule has 0 radical (unpaired) electrons. The summed E-state index contributed by atoms with van der Waals surface area (Å²) in [6.07, 6.45) is 5.08. The highest BCUT2D eigenvalue weighted by molar-refractivity contribution is 5.91. The molecule has 0 fully saturated rings. The van der Waals surface area contributed by atoms with Gasteiger partial charge in [-0.1, -0.05) is 13.8 Å². The highest BCUT2D eigenvalue weighted by Crippen LogP contribution is 2.23. The van der Waals surface area contributed by atoms with E-state index < -0.39 is 5.63 Å². The summed E-state index contributed by atoms with van der Waals surface area (Å²) in [4.78, 5) is 23.6. The zero-order valence-corrected chi connectivity index (χ0v) is 14.8. The fourth-order valence-corrected chi connectivity index (χ4v) is 2.72. The van der Waals surface area contributed by atoms with Crippen LogP contribution in [0, 0.1) is 0 Å². The van der Waals surface area contributed by atoms with Gasteiger partial charge in [-0.2, -0.15) is 5.10 Å². The monoisotopic (exact) mass is 355 g/mol. The van der Waals surface area contributed by atoms with Crippen LogP contribution in [-0.4, -0.2) is 22.3 Å². The largest absolute Gasteiger partial charge is 0.484 e. The second-order valence-electron chi connectivity index (χ2n) is 5.93. The summed E-state index contributed by atoms with van der Waals surface area (Å²) < 4.78 is 12.5. The molecule has 1 aromatic carbocycles. The first-order valence-corrected chi connectivity index (χ1v) is 8.61. The van der Waals surface area contributed by atoms with E-state index in [0.717, 1.165) is 30.3 Å². The van der Waals surface area contributed by atoms with Gasteiger partial charge in [0.05, 0.1) is 11.9 Å². The number of amides is 1. The first kappa shape index (κ1) is 17.7. The third-order valence-electron chi connectivity index (χ3n) is 3.92. The zero-order valence-electron chi connectivity index (χ0n) is 14.8. The van der Waals surface area contributed by atoms with Crippen molar-refractivity contribution in [2.45, 2.75) is 33.2 Å². The lowest BCUT2D eigenvalue weighted by Gasteiger charge is -2.08. The minimum absolute atomic E-state index is 0.151. The molecule has 0 spiro atoms. The van der Waals surface area contributed by atoms with Crippen molar-refractivity contribution in [3.63, 3.8) is 0 Å². The van der Waals surface area contributed by atoms with Gasteiger partial charge in [0.2, 0.25) is 0 Å². The van der Waals surface area contributed by atoms with E-state index in [-0.39, 0.29) is 12.5 Å². The lowest BCUT2D eigenvalue weighted by Crippen LogP contribution is -2.19. The summed E-state index contributed by atoms with van der Waals surface area (Å²) in [5, 5.41) is 7.76. The highest BCUT2D eigenvalue weighted by atomic mass is 16.5. The van der Waals surface area contributed by atoms with Crippen LogP contribution in [-0.2, 0) is 17.8 Å². The van der Waals surface area contributed by atoms with E-state index in [0.29, 0.717) is 17.0 Å². The van der Waals surface area contributed by atoms with Gasteiger partial charge in [-0.3, -0.25) is 9.48 Å². The maximum atomic E-state index is 12.0. The van der Waals surface area contributed by atoms with E-state index in [1.54, 1.807) is 29.2 Å². The Morgan fingerprint density at radius 1 is 1.31 bits per heavy atom. The molecule has 7 nitrogen and oxygen atoms in total. The Morgan fingerprint density at radius 2 is 2.15 bits per heavy atom. The topological polar surface area (TPSA) is 86.4 Å². The smallest absolute Gasteiger partial charge is 0.336 e. The number of aryl methyl sites for hydroxylation is 2. The molecule has 0 unspecified atom stereocenters. The van der Waals surface area contributed by atoms with Crippen LogP contribution in [0.25, 0.3) is 11.0 Å². The number of hydrogen-bond donors (Lipinski definition) is 1. The minimum atomic E-state index is -0.395. The van der Waals surface area contributed by atoms with Crippen molar-refractivity contribution in [3.05, 3.63) is 52.6 Å². The molecule has 1 amide bonds. The summed E-state index contributed by atoms with van der Waals surface area (Å²) >= 11 is 0. The lowest BCUT2D eigenvalue weighted by molar-refractivity contribution is -0.118. The fraction of sp³-hybridized carbons (Fsp3) is 0.316. The summed E-state index contributed by atoms with van der Waals surface area (Å²) in [7, 11) is 0. The Labute approximate surface area is 150 Å². The Morgan fingerprint density at radius 3 is 2.92 bits per heavy atom. The molecule has 0 aliphatic carbocycles. The summed E-state index contributed by atoms with van der Waals surface area (Å²) in [6.45, 7) is 4.69. The van der Waals surface area contributed by atoms with Crippen LogP contribution in [0.15, 0.2) is 45.9 Å². The molecule has 0 bridgehead atoms. The van der Waals surface area contributed by atoms with E-state index in [2.05, 4.69) is 17.3 Å². The molecule has 0 saturated heterocycles. The third kappa shape index (κ3) is 4.11. The minimum Gasteiger partial charge on any atom is -0.484 e. The zero-order chi connectivity index (χ0) is 18.5. The molecule has 2 aromatic heterocycles. The number of benzene rings is 1. The summed E-state index contributed by atoms with van der Waals surface area (Å²) in [5.74, 6) is 0.177. The van der Waals surface area contributed by atoms with Crippen LogP contribution in [0.5, 0.6) is 5.75 Å². The van der Waals surface area contributed by atoms with Gasteiger partial charge in [0.15, 0.2) is 6.61 Å². The van der Waals surface area contributed by atoms with E-state index in [9.17, 15) is 9.59 Å². The average molecular weight is 355 g/mol. The van der Waals surface area contributed by atoms with E-state index >= 15 is 0 Å². The van der Waals surface area contributed by atoms with Crippen LogP contribution in [0.3, 0.4) is 0 Å². The van der Waals surface area contributed by atoms with Crippen LogP contribution in [0.2, 0.25) is 0 Å². The van der Waals surface area contributed by atoms with Gasteiger partial charge in [-0.25, -0.2) is 4.79 Å². The Bertz CT molecular complexity index is 974. The normalized spacial score (nSPS) is 10.8. The molecule has 26 heavy (non-hydrogen) atoms. The van der Waals surface area contributed by atoms with Gasteiger partial charge in [-0.15, -0.1) is 0 Å². The molecule has 136 valence electrons. The predicted molar refractivity (Wildman–Crippen MR) is 98.5 cm³/mol. The number of nitrogens with zero attached hydrogens (tertiary/aromatic N) is 2. The predicted octanol–water partition coefficient (Wildman–Crippen LogP) is 2.98. The van der Waals surface area contributed by atoms with Crippen LogP contribution in [0.4, 0.5) is 5.69 Å². The number of anilines is 1. The third-order valence-corrected chi connectivity index (χ3v) is 3.92. The number of carbonyl (C=O) groups is 1. The molecule has 3 aromatic rings. The standard InChI is InChI=1S/C19H21N3O4/c1-3-7-22-11-14(10-20-22)21-18(23)12-25-15-5-6-16-13(4-2)8-19(24)26-17(16)9-15/h5-6,8-11H,3-4,7,12H2,1-2H3,(H,21,23). The summed E-state index contributed by atoms with van der Waals surface area (Å²) in [6, 6.07) is 6.71. The highest BCUT2D eigenvalue weighted by Gasteiger charge is 2.09. The van der Waals surface area contributed by atoms with Gasteiger partial charge in [-0.05, 0) is 30.5 Å². The molecule has 7 heteroatoms. The first-order valence-electron chi connectivity index (χ1n) is 8.61. The van der Waals surface area contributed by atoms with Crippen molar-refractivity contribution in [1.29, 1.82) is 0 Å². The molecule has 0 aliphatic heterocycles. The Hall–Kier alpha value is -3.09. The van der Waals surface area contributed by atoms with Crippen LogP contribution in [0.1, 0.15) is 25.8 Å². The molecular formula is C19H21N3O4. The van der Waals surface area contributed by atoms with E-state index in [4.69, 9.17) is 9.15 Å². The second-order valence-corrected chi connectivity index (χ2v) is 5.93. The van der Waals surface area contributed by atoms with Crippen molar-refractivity contribution in [2.24, 2.45) is 0 Å². The molecule has 0 atom stereocenters. The molecule has 3 rings (SSSR count). The lowest BCUT2D eigenvalue weighted by atomic mass is 10.1. The molecule has 1 N–H and O–H groups in total. The number of nitrogens with one attached hydrogen (secondary N) is 1. The number of hydrogen-bond acceptors (Lipinski definition) is 5. The molecule has 0 saturated carbocycles. The summed E-state index contributed by atoms with van der Waals surface area (Å²) in [5.41, 5.74) is 1.61. The van der Waals surface area contributed by atoms with Crippen molar-refractivity contribution >= 4 is 22.6 Å². The fourth-order valence-electron chi connectivity index (χ4n) is 2.72. The Balaban J connectivity index is 1.65. The first-order chi connectivity index (χ1) is 12.6. The number of carbonyl (C=O) groups excluding carboxylic acids is 1. The van der Waals surface area contributed by atoms with Crippen molar-refractivity contribution in [3.8, 4) is 5.75 Å². The number of aromatic nitrogens is 2. The van der Waals surface area contributed by atoms with Gasteiger partial charge in [0, 0.05) is 30.3 Å². The van der Waals surface area contributed by atoms with Crippen molar-refractivity contribution in [1.82, 2.24) is 9.78 Å². The maximum absolute atomic E-state index is 12.0. The number of ether oxygens (including phenoxy) is 1. The van der Waals surface area contributed by atoms with Gasteiger partial charge < -0.3 is 14.5 Å². The van der Waals surface area contributed by atoms with Crippen molar-refractivity contribution < 1.29 is 13.9 Å². The van der Waals surface area contributed by atoms with Crippen LogP contribution >= 0.6 is 0 Å². The average Bonchev–Trinajstić information content (AvgIpc) is 3.06. The Kier molecular flexibility index (Phi) is 5.36. The molecule has 2 heterocycles. The molecule has 0 aliphatic rings. The van der Waals surface area contributed by atoms with Gasteiger partial charge in [0.25, 0.3) is 5.91 Å². The second kappa shape index (κ2) is 7.86. The maximum Gasteiger partial charge on any atom is 0.336 e. The SMILES string of the molecule is CCCn1cc(NC(=O)COc2ccc3c(CC)cc(=O)oc3c2)cn1. The van der Waals surface area contributed by atoms with Gasteiger partial charge >= 0.3 is 5.63 Å². The molecular weight excluding hydrogens is 334 g/mol. The number of rotatable bonds is 7. The quantitative estimate of drug-likeness (QED) is 0.659. The number of fused-ring (bicyclic) bond motifs is 1. The van der Waals surface area contributed by atoms with Gasteiger partial charge in [0.1, 0.15) is 11.3 Å².